The number of benzene rings is 2. The summed E-state index contributed by atoms with van der Waals surface area (Å²) in [6.07, 6.45) is -0.325. The molecule has 0 aliphatic heterocycles. The van der Waals surface area contributed by atoms with Crippen LogP contribution in [0.2, 0.25) is 5.02 Å². The predicted molar refractivity (Wildman–Crippen MR) is 104 cm³/mol. The number of nitrogens with one attached hydrogen (secondary N) is 1. The van der Waals surface area contributed by atoms with Gasteiger partial charge in [0.25, 0.3) is 5.91 Å². The van der Waals surface area contributed by atoms with Gasteiger partial charge in [-0.05, 0) is 43.2 Å². The van der Waals surface area contributed by atoms with Crippen LogP contribution in [-0.2, 0) is 20.7 Å². The van der Waals surface area contributed by atoms with Gasteiger partial charge in [-0.25, -0.2) is 0 Å². The second kappa shape index (κ2) is 9.83. The van der Waals surface area contributed by atoms with Crippen molar-refractivity contribution < 1.29 is 23.8 Å². The maximum absolute atomic E-state index is 12.2. The Kier molecular flexibility index (Phi) is 7.49. The normalized spacial score (nSPS) is 11.4. The highest BCUT2D eigenvalue weighted by atomic mass is 35.5. The maximum Gasteiger partial charge on any atom is 0.306 e. The molecule has 1 amide bonds. The fraction of sp³-hybridized carbons (Fsp3) is 0.300. The summed E-state index contributed by atoms with van der Waals surface area (Å²) in [4.78, 5) is 24.2. The van der Waals surface area contributed by atoms with Crippen LogP contribution in [0.5, 0.6) is 11.5 Å². The van der Waals surface area contributed by atoms with E-state index in [2.05, 4.69) is 5.32 Å². The molecule has 2 aromatic rings. The summed E-state index contributed by atoms with van der Waals surface area (Å²) in [6, 6.07) is 12.3. The molecule has 0 aromatic heterocycles. The summed E-state index contributed by atoms with van der Waals surface area (Å²) in [5.41, 5.74) is 1.39. The second-order valence-corrected chi connectivity index (χ2v) is 6.19. The second-order valence-electron chi connectivity index (χ2n) is 5.78. The fourth-order valence-corrected chi connectivity index (χ4v) is 2.70. The van der Waals surface area contributed by atoms with Gasteiger partial charge in [0.1, 0.15) is 11.5 Å². The Morgan fingerprint density at radius 1 is 1.07 bits per heavy atom. The van der Waals surface area contributed by atoms with Crippen molar-refractivity contribution >= 4 is 29.2 Å². The Balaban J connectivity index is 1.86. The molecule has 1 atom stereocenters. The molecule has 0 unspecified atom stereocenters. The Labute approximate surface area is 163 Å². The minimum absolute atomic E-state index is 0.145. The molecule has 0 aliphatic rings. The number of para-hydroxylation sites is 1. The van der Waals surface area contributed by atoms with E-state index in [1.165, 1.54) is 14.0 Å². The van der Waals surface area contributed by atoms with E-state index in [0.29, 0.717) is 28.6 Å². The van der Waals surface area contributed by atoms with Crippen LogP contribution in [0.25, 0.3) is 0 Å². The molecule has 2 rings (SSSR count). The van der Waals surface area contributed by atoms with Crippen molar-refractivity contribution in [3.05, 3.63) is 53.1 Å². The number of ether oxygens (including phenoxy) is 3. The third-order valence-electron chi connectivity index (χ3n) is 3.89. The molecule has 0 spiro atoms. The van der Waals surface area contributed by atoms with Gasteiger partial charge in [-0.3, -0.25) is 9.59 Å². The van der Waals surface area contributed by atoms with E-state index in [0.717, 1.165) is 5.56 Å². The van der Waals surface area contributed by atoms with Gasteiger partial charge in [0.2, 0.25) is 0 Å². The van der Waals surface area contributed by atoms with Crippen LogP contribution in [-0.4, -0.2) is 32.2 Å². The predicted octanol–water partition coefficient (Wildman–Crippen LogP) is 3.86. The highest BCUT2D eigenvalue weighted by molar-refractivity contribution is 6.32. The molecule has 0 radical (unpaired) electrons. The summed E-state index contributed by atoms with van der Waals surface area (Å²) < 4.78 is 15.5. The van der Waals surface area contributed by atoms with E-state index in [1.54, 1.807) is 25.3 Å². The van der Waals surface area contributed by atoms with E-state index in [1.807, 2.05) is 24.3 Å². The summed E-state index contributed by atoms with van der Waals surface area (Å²) in [7, 11) is 3.08. The monoisotopic (exact) mass is 391 g/mol. The third-order valence-corrected chi connectivity index (χ3v) is 4.18. The quantitative estimate of drug-likeness (QED) is 0.691. The lowest BCUT2D eigenvalue weighted by Gasteiger charge is -2.14. The molecule has 2 aromatic carbocycles. The number of halogens is 1. The van der Waals surface area contributed by atoms with Crippen molar-refractivity contribution in [2.24, 2.45) is 0 Å². The molecule has 0 fully saturated rings. The highest BCUT2D eigenvalue weighted by Gasteiger charge is 2.18. The Bertz CT molecular complexity index is 809. The lowest BCUT2D eigenvalue weighted by Crippen LogP contribution is -2.30. The third kappa shape index (κ3) is 5.89. The number of amides is 1. The van der Waals surface area contributed by atoms with Crippen LogP contribution in [0.1, 0.15) is 18.9 Å². The van der Waals surface area contributed by atoms with Gasteiger partial charge in [-0.15, -0.1) is 0 Å². The summed E-state index contributed by atoms with van der Waals surface area (Å²) in [5, 5.41) is 3.03. The molecule has 1 N–H and O–H groups in total. The van der Waals surface area contributed by atoms with Gasteiger partial charge < -0.3 is 19.5 Å². The first kappa shape index (κ1) is 20.6. The number of carbonyl (C=O) groups excluding carboxylic acids is 2. The molecular formula is C20H22ClNO5. The summed E-state index contributed by atoms with van der Waals surface area (Å²) in [6.45, 7) is 1.52. The van der Waals surface area contributed by atoms with E-state index in [-0.39, 0.29) is 6.42 Å². The zero-order valence-electron chi connectivity index (χ0n) is 15.5. The van der Waals surface area contributed by atoms with Crippen molar-refractivity contribution in [3.8, 4) is 11.5 Å². The van der Waals surface area contributed by atoms with Crippen molar-refractivity contribution in [2.75, 3.05) is 19.5 Å². The molecule has 6 nitrogen and oxygen atoms in total. The fourth-order valence-electron chi connectivity index (χ4n) is 2.44. The van der Waals surface area contributed by atoms with Crippen LogP contribution >= 0.6 is 11.6 Å². The van der Waals surface area contributed by atoms with Gasteiger partial charge in [0.15, 0.2) is 6.10 Å². The molecule has 0 saturated heterocycles. The Hall–Kier alpha value is -2.73. The lowest BCUT2D eigenvalue weighted by molar-refractivity contribution is -0.153. The number of hydrogen-bond acceptors (Lipinski definition) is 5. The lowest BCUT2D eigenvalue weighted by atomic mass is 10.1. The van der Waals surface area contributed by atoms with Crippen LogP contribution in [0.3, 0.4) is 0 Å². The molecule has 0 aliphatic carbocycles. The molecule has 144 valence electrons. The highest BCUT2D eigenvalue weighted by Crippen LogP contribution is 2.27. The van der Waals surface area contributed by atoms with Crippen molar-refractivity contribution in [3.63, 3.8) is 0 Å². The molecule has 0 saturated carbocycles. The minimum atomic E-state index is -0.934. The Morgan fingerprint density at radius 2 is 1.78 bits per heavy atom. The standard InChI is InChI=1S/C20H22ClNO5/c1-13(20(24)22-15-9-10-18(26-3)16(21)12-15)27-19(23)11-8-14-6-4-5-7-17(14)25-2/h4-7,9-10,12-13H,8,11H2,1-3H3,(H,22,24)/t13-/m1/s1. The largest absolute Gasteiger partial charge is 0.496 e. The number of esters is 1. The topological polar surface area (TPSA) is 73.9 Å². The first-order chi connectivity index (χ1) is 12.9. The van der Waals surface area contributed by atoms with Crippen LogP contribution < -0.4 is 14.8 Å². The van der Waals surface area contributed by atoms with Crippen LogP contribution in [0.4, 0.5) is 5.69 Å². The SMILES string of the molecule is COc1ccc(NC(=O)[C@@H](C)OC(=O)CCc2ccccc2OC)cc1Cl. The number of rotatable bonds is 8. The van der Waals surface area contributed by atoms with E-state index < -0.39 is 18.0 Å². The van der Waals surface area contributed by atoms with Gasteiger partial charge in [-0.2, -0.15) is 0 Å². The van der Waals surface area contributed by atoms with Crippen LogP contribution in [0, 0.1) is 0 Å². The number of methoxy groups -OCH3 is 2. The zero-order chi connectivity index (χ0) is 19.8. The number of anilines is 1. The average molecular weight is 392 g/mol. The molecular weight excluding hydrogens is 370 g/mol. The Morgan fingerprint density at radius 3 is 2.44 bits per heavy atom. The van der Waals surface area contributed by atoms with Crippen LogP contribution in [0.15, 0.2) is 42.5 Å². The maximum atomic E-state index is 12.2. The molecule has 27 heavy (non-hydrogen) atoms. The number of aryl methyl sites for hydroxylation is 1. The van der Waals surface area contributed by atoms with Gasteiger partial charge in [0.05, 0.1) is 19.2 Å². The smallest absolute Gasteiger partial charge is 0.306 e. The first-order valence-electron chi connectivity index (χ1n) is 8.40. The molecule has 7 heteroatoms. The van der Waals surface area contributed by atoms with Crippen molar-refractivity contribution in [1.82, 2.24) is 0 Å². The molecule has 0 heterocycles. The van der Waals surface area contributed by atoms with Crippen molar-refractivity contribution in [2.45, 2.75) is 25.9 Å². The number of carbonyl (C=O) groups is 2. The van der Waals surface area contributed by atoms with E-state index in [4.69, 9.17) is 25.8 Å². The first-order valence-corrected chi connectivity index (χ1v) is 8.78. The zero-order valence-corrected chi connectivity index (χ0v) is 16.2. The van der Waals surface area contributed by atoms with Gasteiger partial charge in [-0.1, -0.05) is 29.8 Å². The number of hydrogen-bond donors (Lipinski definition) is 1. The average Bonchev–Trinajstić information content (AvgIpc) is 2.66. The van der Waals surface area contributed by atoms with Gasteiger partial charge in [0, 0.05) is 12.1 Å². The van der Waals surface area contributed by atoms with Crippen molar-refractivity contribution in [1.29, 1.82) is 0 Å². The van der Waals surface area contributed by atoms with E-state index in [9.17, 15) is 9.59 Å². The van der Waals surface area contributed by atoms with E-state index >= 15 is 0 Å². The molecule has 0 bridgehead atoms. The summed E-state index contributed by atoms with van der Waals surface area (Å²) >= 11 is 6.03. The minimum Gasteiger partial charge on any atom is -0.496 e. The van der Waals surface area contributed by atoms with Gasteiger partial charge >= 0.3 is 5.97 Å². The summed E-state index contributed by atoms with van der Waals surface area (Å²) in [5.74, 6) is 0.316.